The maximum Gasteiger partial charge on any atom is 0.119 e. The molecular formula is C26H37NO. The van der Waals surface area contributed by atoms with Crippen LogP contribution in [0.1, 0.15) is 70.4 Å². The van der Waals surface area contributed by atoms with Crippen LogP contribution >= 0.6 is 0 Å². The predicted molar refractivity (Wildman–Crippen MR) is 124 cm³/mol. The van der Waals surface area contributed by atoms with E-state index in [0.717, 1.165) is 38.3 Å². The number of ether oxygens (including phenoxy) is 1. The molecular weight excluding hydrogens is 342 g/mol. The minimum Gasteiger partial charge on any atom is -0.494 e. The first-order valence-corrected chi connectivity index (χ1v) is 11.0. The Morgan fingerprint density at radius 3 is 1.68 bits per heavy atom. The van der Waals surface area contributed by atoms with Crippen molar-refractivity contribution in [2.75, 3.05) is 24.6 Å². The van der Waals surface area contributed by atoms with Gasteiger partial charge in [0.1, 0.15) is 5.75 Å². The Morgan fingerprint density at radius 2 is 1.18 bits per heavy atom. The molecule has 2 aromatic rings. The van der Waals surface area contributed by atoms with Gasteiger partial charge in [0.05, 0.1) is 6.61 Å². The van der Waals surface area contributed by atoms with Gasteiger partial charge in [0, 0.05) is 18.8 Å². The third-order valence-electron chi connectivity index (χ3n) is 4.94. The van der Waals surface area contributed by atoms with Gasteiger partial charge >= 0.3 is 0 Å². The quantitative estimate of drug-likeness (QED) is 0.265. The molecule has 2 aromatic carbocycles. The summed E-state index contributed by atoms with van der Waals surface area (Å²) in [4.78, 5) is 2.53. The van der Waals surface area contributed by atoms with Crippen molar-refractivity contribution < 1.29 is 4.74 Å². The van der Waals surface area contributed by atoms with Crippen LogP contribution < -0.4 is 9.64 Å². The summed E-state index contributed by atoms with van der Waals surface area (Å²) in [5.74, 6) is 0.953. The van der Waals surface area contributed by atoms with Crippen molar-refractivity contribution in [3.63, 3.8) is 0 Å². The van der Waals surface area contributed by atoms with Crippen LogP contribution in [0.25, 0.3) is 12.2 Å². The van der Waals surface area contributed by atoms with E-state index in [9.17, 15) is 0 Å². The van der Waals surface area contributed by atoms with Gasteiger partial charge in [0.25, 0.3) is 0 Å². The molecule has 28 heavy (non-hydrogen) atoms. The molecule has 2 nitrogen and oxygen atoms in total. The van der Waals surface area contributed by atoms with Crippen molar-refractivity contribution in [2.24, 2.45) is 0 Å². The second kappa shape index (κ2) is 13.0. The third-order valence-corrected chi connectivity index (χ3v) is 4.94. The average Bonchev–Trinajstić information content (AvgIpc) is 2.74. The van der Waals surface area contributed by atoms with Gasteiger partial charge in [-0.3, -0.25) is 0 Å². The molecule has 0 aliphatic heterocycles. The zero-order valence-corrected chi connectivity index (χ0v) is 18.0. The summed E-state index contributed by atoms with van der Waals surface area (Å²) < 4.78 is 5.73. The minimum absolute atomic E-state index is 0.797. The number of unbranched alkanes of at least 4 members (excludes halogenated alkanes) is 3. The van der Waals surface area contributed by atoms with Crippen molar-refractivity contribution in [3.8, 4) is 5.75 Å². The second-order valence-electron chi connectivity index (χ2n) is 7.39. The highest BCUT2D eigenvalue weighted by molar-refractivity contribution is 5.70. The molecule has 0 fully saturated rings. The molecule has 2 heteroatoms. The SMILES string of the molecule is CCCCOc1ccc(C=Cc2ccc(N(CCCC)CCCC)cc2)cc1. The lowest BCUT2D eigenvalue weighted by Gasteiger charge is -2.24. The molecule has 0 saturated heterocycles. The first-order valence-electron chi connectivity index (χ1n) is 11.0. The van der Waals surface area contributed by atoms with E-state index in [0.29, 0.717) is 0 Å². The topological polar surface area (TPSA) is 12.5 Å². The lowest BCUT2D eigenvalue weighted by Crippen LogP contribution is -2.25. The Kier molecular flexibility index (Phi) is 10.3. The van der Waals surface area contributed by atoms with E-state index >= 15 is 0 Å². The molecule has 0 atom stereocenters. The Balaban J connectivity index is 1.94. The maximum atomic E-state index is 5.73. The summed E-state index contributed by atoms with van der Waals surface area (Å²) in [6.45, 7) is 9.80. The van der Waals surface area contributed by atoms with E-state index in [-0.39, 0.29) is 0 Å². The van der Waals surface area contributed by atoms with Gasteiger partial charge in [-0.15, -0.1) is 0 Å². The fraction of sp³-hybridized carbons (Fsp3) is 0.462. The molecule has 152 valence electrons. The number of hydrogen-bond donors (Lipinski definition) is 0. The van der Waals surface area contributed by atoms with Crippen molar-refractivity contribution in [3.05, 3.63) is 59.7 Å². The van der Waals surface area contributed by atoms with Crippen LogP contribution in [-0.2, 0) is 0 Å². The molecule has 0 aliphatic carbocycles. The van der Waals surface area contributed by atoms with E-state index < -0.39 is 0 Å². The Labute approximate surface area is 172 Å². The summed E-state index contributed by atoms with van der Waals surface area (Å²) >= 11 is 0. The van der Waals surface area contributed by atoms with Crippen molar-refractivity contribution >= 4 is 17.8 Å². The number of nitrogens with zero attached hydrogens (tertiary/aromatic N) is 1. The summed E-state index contributed by atoms with van der Waals surface area (Å²) in [5, 5.41) is 0. The highest BCUT2D eigenvalue weighted by Crippen LogP contribution is 2.19. The predicted octanol–water partition coefficient (Wildman–Crippen LogP) is 7.44. The highest BCUT2D eigenvalue weighted by atomic mass is 16.5. The van der Waals surface area contributed by atoms with Gasteiger partial charge in [-0.25, -0.2) is 0 Å². The summed E-state index contributed by atoms with van der Waals surface area (Å²) in [6.07, 6.45) is 11.6. The third kappa shape index (κ3) is 7.80. The lowest BCUT2D eigenvalue weighted by atomic mass is 10.1. The van der Waals surface area contributed by atoms with Gasteiger partial charge < -0.3 is 9.64 Å². The van der Waals surface area contributed by atoms with E-state index in [1.807, 2.05) is 0 Å². The molecule has 0 saturated carbocycles. The van der Waals surface area contributed by atoms with E-state index in [1.165, 1.54) is 42.5 Å². The molecule has 0 spiro atoms. The Bertz CT molecular complexity index is 665. The summed E-state index contributed by atoms with van der Waals surface area (Å²) in [7, 11) is 0. The Hall–Kier alpha value is -2.22. The van der Waals surface area contributed by atoms with Gasteiger partial charge in [0.15, 0.2) is 0 Å². The highest BCUT2D eigenvalue weighted by Gasteiger charge is 2.05. The number of rotatable bonds is 13. The molecule has 0 amide bonds. The number of hydrogen-bond acceptors (Lipinski definition) is 2. The minimum atomic E-state index is 0.797. The zero-order valence-electron chi connectivity index (χ0n) is 18.0. The second-order valence-corrected chi connectivity index (χ2v) is 7.39. The van der Waals surface area contributed by atoms with Crippen LogP contribution in [0.5, 0.6) is 5.75 Å². The lowest BCUT2D eigenvalue weighted by molar-refractivity contribution is 0.309. The van der Waals surface area contributed by atoms with Crippen LogP contribution in [-0.4, -0.2) is 19.7 Å². The van der Waals surface area contributed by atoms with Gasteiger partial charge in [-0.2, -0.15) is 0 Å². The Morgan fingerprint density at radius 1 is 0.679 bits per heavy atom. The van der Waals surface area contributed by atoms with Crippen molar-refractivity contribution in [1.29, 1.82) is 0 Å². The van der Waals surface area contributed by atoms with Crippen LogP contribution in [0.2, 0.25) is 0 Å². The molecule has 0 aromatic heterocycles. The molecule has 0 aliphatic rings. The molecule has 0 bridgehead atoms. The fourth-order valence-corrected chi connectivity index (χ4v) is 3.07. The first kappa shape index (κ1) is 22.1. The first-order chi connectivity index (χ1) is 13.8. The fourth-order valence-electron chi connectivity index (χ4n) is 3.07. The zero-order chi connectivity index (χ0) is 20.0. The van der Waals surface area contributed by atoms with Crippen LogP contribution in [0.4, 0.5) is 5.69 Å². The normalized spacial score (nSPS) is 11.1. The molecule has 0 N–H and O–H groups in total. The van der Waals surface area contributed by atoms with E-state index in [1.54, 1.807) is 0 Å². The van der Waals surface area contributed by atoms with Crippen LogP contribution in [0.15, 0.2) is 48.5 Å². The van der Waals surface area contributed by atoms with Crippen molar-refractivity contribution in [2.45, 2.75) is 59.3 Å². The van der Waals surface area contributed by atoms with Crippen LogP contribution in [0, 0.1) is 0 Å². The van der Waals surface area contributed by atoms with Crippen molar-refractivity contribution in [1.82, 2.24) is 0 Å². The standard InChI is InChI=1S/C26H37NO/c1-4-7-20-27(21-8-5-2)25-16-12-23(13-17-25)10-11-24-14-18-26(19-15-24)28-22-9-6-3/h10-19H,4-9,20-22H2,1-3H3. The average molecular weight is 380 g/mol. The van der Waals surface area contributed by atoms with E-state index in [2.05, 4.69) is 86.4 Å². The molecule has 2 rings (SSSR count). The maximum absolute atomic E-state index is 5.73. The molecule has 0 unspecified atom stereocenters. The largest absolute Gasteiger partial charge is 0.494 e. The van der Waals surface area contributed by atoms with Crippen LogP contribution in [0.3, 0.4) is 0 Å². The monoisotopic (exact) mass is 379 g/mol. The summed E-state index contributed by atoms with van der Waals surface area (Å²) in [5.41, 5.74) is 3.77. The molecule has 0 radical (unpaired) electrons. The number of benzene rings is 2. The van der Waals surface area contributed by atoms with E-state index in [4.69, 9.17) is 4.74 Å². The smallest absolute Gasteiger partial charge is 0.119 e. The summed E-state index contributed by atoms with van der Waals surface area (Å²) in [6, 6.07) is 17.3. The van der Waals surface area contributed by atoms with Gasteiger partial charge in [0.2, 0.25) is 0 Å². The molecule has 0 heterocycles. The number of anilines is 1. The van der Waals surface area contributed by atoms with Gasteiger partial charge in [-0.1, -0.05) is 76.5 Å². The van der Waals surface area contributed by atoms with Gasteiger partial charge in [-0.05, 0) is 54.7 Å².